The number of H-pyrrole nitrogens is 3. The number of carbonyl (C=O) groups is 5. The van der Waals surface area contributed by atoms with Crippen LogP contribution in [-0.2, 0) is 54.4 Å². The molecule has 10 rings (SSSR count). The number of nitrogens with one attached hydrogen (secondary N) is 6. The van der Waals surface area contributed by atoms with Crippen molar-refractivity contribution in [3.05, 3.63) is 146 Å². The molecule has 4 aliphatic heterocycles. The number of anilines is 3. The SMILES string of the molecule is C.C1CCOC1.CCC(=O)c1n[nH]c2c1CN(C(=O)Nc1cccc(Cl)c1)CC2.CCC(F)(F)c1n[nH]c2c1CN(C(=O)Nc1cccc(Cl)c1)CC2.CON(C)C(=O)c1n[nH]c2c1CN(C(=O)Nc1cccc(Cl)c1)CC2.[Br-].[CH2-]C.[Mg+2]. The Morgan fingerprint density at radius 1 is 0.671 bits per heavy atom. The normalized spacial score (nSPS) is 13.6. The summed E-state index contributed by atoms with van der Waals surface area (Å²) in [5.74, 6) is -3.38. The number of ketones is 1. The monoisotopic (exact) mass is 1270 g/mol. The summed E-state index contributed by atoms with van der Waals surface area (Å²) in [4.78, 5) is 71.3. The Morgan fingerprint density at radius 2 is 1.05 bits per heavy atom. The van der Waals surface area contributed by atoms with Crippen LogP contribution in [-0.4, -0.2) is 150 Å². The van der Waals surface area contributed by atoms with Gasteiger partial charge in [0.25, 0.3) is 11.8 Å². The Balaban J connectivity index is 0.000000299. The summed E-state index contributed by atoms with van der Waals surface area (Å²) in [5.41, 5.74) is 6.68. The number of alkyl halides is 2. The molecule has 1 saturated heterocycles. The molecule has 7 amide bonds. The van der Waals surface area contributed by atoms with Crippen molar-refractivity contribution in [1.29, 1.82) is 0 Å². The minimum absolute atomic E-state index is 0. The molecule has 6 aromatic rings. The van der Waals surface area contributed by atoms with E-state index in [-0.39, 0.29) is 108 Å². The zero-order valence-electron chi connectivity index (χ0n) is 45.7. The topological polar surface area (TPSA) is 239 Å². The number of ether oxygens (including phenoxy) is 1. The summed E-state index contributed by atoms with van der Waals surface area (Å²) in [5, 5.41) is 31.5. The van der Waals surface area contributed by atoms with E-state index in [9.17, 15) is 32.8 Å². The fourth-order valence-corrected chi connectivity index (χ4v) is 9.07. The van der Waals surface area contributed by atoms with Gasteiger partial charge < -0.3 is 59.3 Å². The Hall–Kier alpha value is -5.86. The number of aromatic amines is 3. The van der Waals surface area contributed by atoms with Crippen LogP contribution in [0.25, 0.3) is 0 Å². The second-order valence-electron chi connectivity index (χ2n) is 18.1. The minimum atomic E-state index is -3.00. The number of hydrogen-bond donors (Lipinski definition) is 6. The molecule has 1 fully saturated rings. The average Bonchev–Trinajstić information content (AvgIpc) is 4.36. The first-order valence-corrected chi connectivity index (χ1v) is 26.8. The van der Waals surface area contributed by atoms with E-state index in [1.54, 1.807) is 96.4 Å². The molecule has 0 aliphatic carbocycles. The smallest absolute Gasteiger partial charge is 1.00 e. The van der Waals surface area contributed by atoms with Crippen LogP contribution in [0.4, 0.5) is 40.2 Å². The third kappa shape index (κ3) is 19.1. The van der Waals surface area contributed by atoms with Crippen LogP contribution < -0.4 is 32.9 Å². The molecule has 0 saturated carbocycles. The summed E-state index contributed by atoms with van der Waals surface area (Å²) in [6.07, 6.45) is 4.33. The number of halogens is 6. The number of amides is 7. The molecule has 3 aromatic carbocycles. The third-order valence-corrected chi connectivity index (χ3v) is 13.6. The molecule has 0 spiro atoms. The summed E-state index contributed by atoms with van der Waals surface area (Å²) in [7, 11) is 2.91. The summed E-state index contributed by atoms with van der Waals surface area (Å²) >= 11 is 17.7. The van der Waals surface area contributed by atoms with Gasteiger partial charge in [-0.05, 0) is 67.4 Å². The molecule has 4 aliphatic rings. The molecule has 3 aromatic heterocycles. The van der Waals surface area contributed by atoms with Gasteiger partial charge in [0.15, 0.2) is 11.5 Å². The van der Waals surface area contributed by atoms with Crippen molar-refractivity contribution in [2.75, 3.05) is 63.0 Å². The van der Waals surface area contributed by atoms with E-state index in [0.717, 1.165) is 35.2 Å². The van der Waals surface area contributed by atoms with Crippen molar-refractivity contribution in [2.45, 2.75) is 98.7 Å². The molecular weight excluding hydrogens is 1200 g/mol. The average molecular weight is 1270 g/mol. The molecule has 7 heterocycles. The van der Waals surface area contributed by atoms with Crippen molar-refractivity contribution >= 4 is 105 Å². The maximum atomic E-state index is 14.0. The fourth-order valence-electron chi connectivity index (χ4n) is 8.50. The van der Waals surface area contributed by atoms with Crippen LogP contribution in [0.5, 0.6) is 0 Å². The van der Waals surface area contributed by atoms with Gasteiger partial charge in [-0.1, -0.05) is 74.3 Å². The second-order valence-corrected chi connectivity index (χ2v) is 19.4. The number of rotatable bonds is 9. The molecule has 0 radical (unpaired) electrons. The predicted octanol–water partition coefficient (Wildman–Crippen LogP) is 8.58. The molecule has 20 nitrogen and oxygen atoms in total. The first kappa shape index (κ1) is 70.4. The summed E-state index contributed by atoms with van der Waals surface area (Å²) < 4.78 is 33.0. The van der Waals surface area contributed by atoms with Crippen molar-refractivity contribution in [3.63, 3.8) is 0 Å². The van der Waals surface area contributed by atoms with Crippen LogP contribution in [0.3, 0.4) is 0 Å². The van der Waals surface area contributed by atoms with Crippen molar-refractivity contribution in [1.82, 2.24) is 50.4 Å². The molecule has 0 atom stereocenters. The number of hydrogen-bond acceptors (Lipinski definition) is 10. The van der Waals surface area contributed by atoms with Crippen LogP contribution in [0.2, 0.25) is 15.1 Å². The number of Topliss-reactive ketones (excluding diaryl/α,β-unsaturated/α-hetero) is 1. The van der Waals surface area contributed by atoms with Gasteiger partial charge in [-0.2, -0.15) is 31.0 Å². The molecule has 6 N–H and O–H groups in total. The Labute approximate surface area is 518 Å². The summed E-state index contributed by atoms with van der Waals surface area (Å²) in [6, 6.07) is 19.9. The van der Waals surface area contributed by atoms with Crippen molar-refractivity contribution < 1.29 is 59.3 Å². The van der Waals surface area contributed by atoms with Gasteiger partial charge in [0.05, 0.1) is 26.7 Å². The first-order valence-electron chi connectivity index (χ1n) is 25.6. The predicted molar refractivity (Wildman–Crippen MR) is 311 cm³/mol. The number of benzene rings is 3. The number of hydroxylamine groups is 2. The van der Waals surface area contributed by atoms with Gasteiger partial charge in [0, 0.05) is 138 Å². The molecule has 0 bridgehead atoms. The van der Waals surface area contributed by atoms with E-state index in [0.29, 0.717) is 107 Å². The standard InChI is InChI=1S/C16H17ClF2N4O.C16H18ClN5O3.C16H17ClN4O2.C4H8O.C2H5.CH4.BrH.Mg/c1-2-16(18,19)14-12-9-23(7-6-13(12)21-22-14)15(24)20-11-5-3-4-10(17)8-11;1-21(25-2)15(23)14-12-9-22(7-6-13(12)19-20-14)16(24)18-11-5-3-4-10(17)8-11;1-2-14(22)15-12-9-21(7-6-13(12)19-20-15)16(23)18-11-5-3-4-10(17)8-11;1-2-4-5-3-1;1-2;;;/h3-5,8H,2,6-7,9H2,1H3,(H,20,24)(H,21,22);3-5,8H,6-7,9H2,1-2H3,(H,18,24)(H,19,20);3-5,8H,2,6-7,9H2,1H3,(H,18,23)(H,19,20);1-4H2;1H2,2H3;1H4;1H;/q;;;;-1;;;+2/p-1. The van der Waals surface area contributed by atoms with Gasteiger partial charge in [0.1, 0.15) is 11.4 Å². The fraction of sp³-hybridized carbons (Fsp3) is 0.400. The van der Waals surface area contributed by atoms with Gasteiger partial charge in [-0.3, -0.25) is 29.7 Å². The van der Waals surface area contributed by atoms with E-state index >= 15 is 0 Å². The largest absolute Gasteiger partial charge is 2.00 e. The van der Waals surface area contributed by atoms with E-state index in [1.165, 1.54) is 38.8 Å². The van der Waals surface area contributed by atoms with Gasteiger partial charge in [-0.25, -0.2) is 19.4 Å². The number of urea groups is 3. The van der Waals surface area contributed by atoms with Crippen molar-refractivity contribution in [3.8, 4) is 0 Å². The zero-order valence-corrected chi connectivity index (χ0v) is 51.0. The van der Waals surface area contributed by atoms with Crippen LogP contribution in [0, 0.1) is 6.92 Å². The van der Waals surface area contributed by atoms with Crippen LogP contribution >= 0.6 is 34.8 Å². The van der Waals surface area contributed by atoms with Crippen LogP contribution in [0.15, 0.2) is 72.8 Å². The van der Waals surface area contributed by atoms with Crippen LogP contribution in [0.1, 0.15) is 114 Å². The van der Waals surface area contributed by atoms with Gasteiger partial charge >= 0.3 is 41.1 Å². The Bertz CT molecular complexity index is 3050. The number of nitrogens with zero attached hydrogens (tertiary/aromatic N) is 7. The number of carbonyl (C=O) groups excluding carboxylic acids is 5. The maximum Gasteiger partial charge on any atom is 2.00 e. The van der Waals surface area contributed by atoms with Gasteiger partial charge in [-0.15, -0.1) is 0 Å². The molecular formula is C55H69BrCl3F2MgN13O7. The second kappa shape index (κ2) is 34.0. The molecule has 82 heavy (non-hydrogen) atoms. The molecule has 440 valence electrons. The van der Waals surface area contributed by atoms with E-state index in [2.05, 4.69) is 53.5 Å². The maximum absolute atomic E-state index is 14.0. The summed E-state index contributed by atoms with van der Waals surface area (Å²) in [6.45, 7) is 12.5. The Morgan fingerprint density at radius 3 is 1.41 bits per heavy atom. The third-order valence-electron chi connectivity index (χ3n) is 12.9. The quantitative estimate of drug-likeness (QED) is 0.0349. The van der Waals surface area contributed by atoms with Gasteiger partial charge in [0.2, 0.25) is 0 Å². The van der Waals surface area contributed by atoms with E-state index in [1.807, 2.05) is 0 Å². The first-order chi connectivity index (χ1) is 38.0. The number of aromatic nitrogens is 6. The minimum Gasteiger partial charge on any atom is -1.00 e. The van der Waals surface area contributed by atoms with E-state index in [4.69, 9.17) is 44.4 Å². The Kier molecular flexibility index (Phi) is 29.2. The van der Waals surface area contributed by atoms with E-state index < -0.39 is 5.92 Å². The molecule has 0 unspecified atom stereocenters. The molecule has 27 heteroatoms. The zero-order chi connectivity index (χ0) is 57.2. The van der Waals surface area contributed by atoms with Crippen molar-refractivity contribution in [2.24, 2.45) is 0 Å². The number of fused-ring (bicyclic) bond motifs is 3.